The highest BCUT2D eigenvalue weighted by atomic mass is 16.5. The van der Waals surface area contributed by atoms with Crippen molar-refractivity contribution >= 4 is 5.91 Å². The van der Waals surface area contributed by atoms with Crippen molar-refractivity contribution in [3.63, 3.8) is 0 Å². The molecule has 2 aliphatic heterocycles. The Labute approximate surface area is 140 Å². The van der Waals surface area contributed by atoms with Crippen LogP contribution in [0.15, 0.2) is 40.9 Å². The lowest BCUT2D eigenvalue weighted by Gasteiger charge is -2.25. The maximum Gasteiger partial charge on any atom is 0.292 e. The fraction of sp³-hybridized carbons (Fsp3) is 0.444. The van der Waals surface area contributed by atoms with Crippen LogP contribution >= 0.6 is 0 Å². The van der Waals surface area contributed by atoms with E-state index in [1.807, 2.05) is 18.2 Å². The van der Waals surface area contributed by atoms with E-state index in [0.29, 0.717) is 25.3 Å². The number of aliphatic hydroxyl groups is 1. The lowest BCUT2D eigenvalue weighted by Crippen LogP contribution is -2.41. The molecule has 1 aromatic carbocycles. The number of benzene rings is 1. The Morgan fingerprint density at radius 2 is 2.17 bits per heavy atom. The predicted molar refractivity (Wildman–Crippen MR) is 85.6 cm³/mol. The SMILES string of the molecule is Cc1cc(C(=O)N2C[C@@H](O)[C@@]3(C[C@@H](c4ccccc4)CO3)C2)on1. The highest BCUT2D eigenvalue weighted by molar-refractivity contribution is 5.91. The molecule has 1 aromatic heterocycles. The summed E-state index contributed by atoms with van der Waals surface area (Å²) in [7, 11) is 0. The van der Waals surface area contributed by atoms with Gasteiger partial charge in [0.15, 0.2) is 0 Å². The summed E-state index contributed by atoms with van der Waals surface area (Å²) >= 11 is 0. The number of amides is 1. The standard InChI is InChI=1S/C18H20N2O4/c1-12-7-15(24-19-12)17(22)20-9-16(21)18(11-20)8-14(10-23-18)13-5-3-2-4-6-13/h2-7,14,16,21H,8-11H2,1H3/t14-,16-,18-/m1/s1. The molecule has 24 heavy (non-hydrogen) atoms. The number of aryl methyl sites for hydroxylation is 1. The molecule has 1 amide bonds. The summed E-state index contributed by atoms with van der Waals surface area (Å²) in [4.78, 5) is 14.1. The van der Waals surface area contributed by atoms with Crippen LogP contribution in [0.25, 0.3) is 0 Å². The Morgan fingerprint density at radius 3 is 2.88 bits per heavy atom. The van der Waals surface area contributed by atoms with Gasteiger partial charge in [0.25, 0.3) is 5.91 Å². The van der Waals surface area contributed by atoms with Gasteiger partial charge in [0, 0.05) is 12.0 Å². The Bertz CT molecular complexity index is 744. The van der Waals surface area contributed by atoms with Gasteiger partial charge in [-0.3, -0.25) is 4.79 Å². The van der Waals surface area contributed by atoms with Gasteiger partial charge in [0.2, 0.25) is 5.76 Å². The van der Waals surface area contributed by atoms with E-state index in [9.17, 15) is 9.90 Å². The summed E-state index contributed by atoms with van der Waals surface area (Å²) in [5.74, 6) is 0.191. The first-order valence-electron chi connectivity index (χ1n) is 8.17. The molecule has 126 valence electrons. The number of carbonyl (C=O) groups excluding carboxylic acids is 1. The molecule has 1 spiro atoms. The van der Waals surface area contributed by atoms with E-state index in [-0.39, 0.29) is 24.1 Å². The van der Waals surface area contributed by atoms with Gasteiger partial charge in [-0.1, -0.05) is 35.5 Å². The second-order valence-corrected chi connectivity index (χ2v) is 6.72. The van der Waals surface area contributed by atoms with E-state index in [4.69, 9.17) is 9.26 Å². The van der Waals surface area contributed by atoms with Gasteiger partial charge < -0.3 is 19.3 Å². The number of ether oxygens (including phenoxy) is 1. The van der Waals surface area contributed by atoms with Crippen LogP contribution in [-0.4, -0.2) is 52.5 Å². The Morgan fingerprint density at radius 1 is 1.38 bits per heavy atom. The van der Waals surface area contributed by atoms with Gasteiger partial charge in [0.05, 0.1) is 25.4 Å². The maximum absolute atomic E-state index is 12.5. The normalized spacial score (nSPS) is 29.5. The number of β-amino-alcohol motifs (C(OH)–C–C–N with tert-alkyl or cyclic N) is 1. The lowest BCUT2D eigenvalue weighted by molar-refractivity contribution is -0.0591. The summed E-state index contributed by atoms with van der Waals surface area (Å²) in [6.07, 6.45) is 0.0105. The number of aliphatic hydroxyl groups excluding tert-OH is 1. The zero-order valence-electron chi connectivity index (χ0n) is 13.5. The minimum absolute atomic E-state index is 0.203. The van der Waals surface area contributed by atoms with Crippen LogP contribution in [0.2, 0.25) is 0 Å². The van der Waals surface area contributed by atoms with Crippen LogP contribution in [0.1, 0.15) is 34.2 Å². The Balaban J connectivity index is 1.50. The molecule has 3 atom stereocenters. The van der Waals surface area contributed by atoms with E-state index in [1.54, 1.807) is 17.9 Å². The summed E-state index contributed by atoms with van der Waals surface area (Å²) in [6, 6.07) is 11.8. The third-order valence-corrected chi connectivity index (χ3v) is 5.02. The Kier molecular flexibility index (Phi) is 3.66. The van der Waals surface area contributed by atoms with Crippen LogP contribution in [0.4, 0.5) is 0 Å². The zero-order valence-corrected chi connectivity index (χ0v) is 13.5. The number of aromatic nitrogens is 1. The van der Waals surface area contributed by atoms with Gasteiger partial charge in [-0.15, -0.1) is 0 Å². The first kappa shape index (κ1) is 15.4. The highest BCUT2D eigenvalue weighted by Gasteiger charge is 2.53. The smallest absolute Gasteiger partial charge is 0.292 e. The van der Waals surface area contributed by atoms with Crippen molar-refractivity contribution in [2.24, 2.45) is 0 Å². The van der Waals surface area contributed by atoms with E-state index >= 15 is 0 Å². The molecule has 1 N–H and O–H groups in total. The molecular formula is C18H20N2O4. The van der Waals surface area contributed by atoms with Crippen LogP contribution in [0, 0.1) is 6.92 Å². The second kappa shape index (κ2) is 5.72. The first-order valence-corrected chi connectivity index (χ1v) is 8.17. The number of carbonyl (C=O) groups is 1. The first-order chi connectivity index (χ1) is 11.6. The van der Waals surface area contributed by atoms with Crippen molar-refractivity contribution in [3.05, 3.63) is 53.4 Å². The molecule has 0 unspecified atom stereocenters. The van der Waals surface area contributed by atoms with Crippen molar-refractivity contribution in [3.8, 4) is 0 Å². The van der Waals surface area contributed by atoms with Crippen LogP contribution in [0.3, 0.4) is 0 Å². The summed E-state index contributed by atoms with van der Waals surface area (Å²) < 4.78 is 11.1. The maximum atomic E-state index is 12.5. The second-order valence-electron chi connectivity index (χ2n) is 6.72. The van der Waals surface area contributed by atoms with Gasteiger partial charge in [0.1, 0.15) is 11.7 Å². The molecule has 3 heterocycles. The molecule has 6 heteroatoms. The number of hydrogen-bond donors (Lipinski definition) is 1. The monoisotopic (exact) mass is 328 g/mol. The summed E-state index contributed by atoms with van der Waals surface area (Å²) in [6.45, 7) is 2.95. The van der Waals surface area contributed by atoms with Gasteiger partial charge in [-0.2, -0.15) is 0 Å². The number of rotatable bonds is 2. The lowest BCUT2D eigenvalue weighted by atomic mass is 9.87. The number of hydrogen-bond acceptors (Lipinski definition) is 5. The molecule has 4 rings (SSSR count). The average molecular weight is 328 g/mol. The minimum atomic E-state index is -0.695. The van der Waals surface area contributed by atoms with Gasteiger partial charge in [-0.05, 0) is 18.9 Å². The quantitative estimate of drug-likeness (QED) is 0.909. The van der Waals surface area contributed by atoms with Gasteiger partial charge >= 0.3 is 0 Å². The molecule has 6 nitrogen and oxygen atoms in total. The molecular weight excluding hydrogens is 308 g/mol. The summed E-state index contributed by atoms with van der Waals surface area (Å²) in [5, 5.41) is 14.3. The van der Waals surface area contributed by atoms with Crippen LogP contribution < -0.4 is 0 Å². The van der Waals surface area contributed by atoms with E-state index in [1.165, 1.54) is 5.56 Å². The number of likely N-dealkylation sites (tertiary alicyclic amines) is 1. The molecule has 0 bridgehead atoms. The largest absolute Gasteiger partial charge is 0.388 e. The molecule has 0 radical (unpaired) electrons. The minimum Gasteiger partial charge on any atom is -0.388 e. The molecule has 0 aliphatic carbocycles. The molecule has 2 aromatic rings. The van der Waals surface area contributed by atoms with Crippen molar-refractivity contribution in [2.75, 3.05) is 19.7 Å². The fourth-order valence-electron chi connectivity index (χ4n) is 3.73. The van der Waals surface area contributed by atoms with Gasteiger partial charge in [-0.25, -0.2) is 0 Å². The molecule has 2 aliphatic rings. The van der Waals surface area contributed by atoms with E-state index < -0.39 is 11.7 Å². The Hall–Kier alpha value is -2.18. The van der Waals surface area contributed by atoms with Crippen molar-refractivity contribution in [2.45, 2.75) is 31.0 Å². The predicted octanol–water partition coefficient (Wildman–Crippen LogP) is 1.74. The summed E-state index contributed by atoms with van der Waals surface area (Å²) in [5.41, 5.74) is 1.18. The number of nitrogens with zero attached hydrogens (tertiary/aromatic N) is 2. The van der Waals surface area contributed by atoms with E-state index in [2.05, 4.69) is 17.3 Å². The van der Waals surface area contributed by atoms with Crippen LogP contribution in [-0.2, 0) is 4.74 Å². The average Bonchev–Trinajstić information content (AvgIpc) is 3.29. The highest BCUT2D eigenvalue weighted by Crippen LogP contribution is 2.42. The fourth-order valence-corrected chi connectivity index (χ4v) is 3.73. The molecule has 2 fully saturated rings. The molecule has 0 saturated carbocycles. The van der Waals surface area contributed by atoms with Crippen molar-refractivity contribution in [1.82, 2.24) is 10.1 Å². The zero-order chi connectivity index (χ0) is 16.7. The van der Waals surface area contributed by atoms with Crippen LogP contribution in [0.5, 0.6) is 0 Å². The topological polar surface area (TPSA) is 75.8 Å². The van der Waals surface area contributed by atoms with E-state index in [0.717, 1.165) is 0 Å². The third kappa shape index (κ3) is 2.52. The third-order valence-electron chi connectivity index (χ3n) is 5.02. The van der Waals surface area contributed by atoms with Crippen molar-refractivity contribution in [1.29, 1.82) is 0 Å². The van der Waals surface area contributed by atoms with Crippen molar-refractivity contribution < 1.29 is 19.2 Å². The molecule has 2 saturated heterocycles.